The number of rotatable bonds is 8. The van der Waals surface area contributed by atoms with Gasteiger partial charge in [0.1, 0.15) is 7.85 Å². The molecule has 0 spiro atoms. The van der Waals surface area contributed by atoms with Crippen molar-refractivity contribution in [3.8, 4) is 0 Å². The third kappa shape index (κ3) is 6.37. The Kier molecular flexibility index (Phi) is 8.97. The first-order valence-electron chi connectivity index (χ1n) is 9.33. The molecule has 2 saturated heterocycles. The van der Waals surface area contributed by atoms with Crippen LogP contribution in [-0.4, -0.2) is 114 Å². The number of hydrogen-bond donors (Lipinski definition) is 0. The molecule has 0 aromatic carbocycles. The van der Waals surface area contributed by atoms with E-state index in [2.05, 4.69) is 11.9 Å². The molecule has 0 saturated carbocycles. The average molecular weight is 401 g/mol. The molecule has 10 heteroatoms. The van der Waals surface area contributed by atoms with E-state index >= 15 is 0 Å². The zero-order valence-electron chi connectivity index (χ0n) is 17.1. The Morgan fingerprint density at radius 2 is 1.89 bits per heavy atom. The highest BCUT2D eigenvalue weighted by Gasteiger charge is 2.41. The summed E-state index contributed by atoms with van der Waals surface area (Å²) in [5.41, 5.74) is 0. The zero-order chi connectivity index (χ0) is 20.0. The maximum Gasteiger partial charge on any atom is 0.345 e. The van der Waals surface area contributed by atoms with Gasteiger partial charge in [0, 0.05) is 33.3 Å². The van der Waals surface area contributed by atoms with Crippen LogP contribution < -0.4 is 0 Å². The van der Waals surface area contributed by atoms with Crippen LogP contribution in [0.2, 0.25) is 0 Å². The standard InChI is InChI=1S/C17H33BN3O5P/c1-14-8-20(4)9-16(25-14)13-24-27(22,19(2)3)21-10-15(6-7-18)26-17(11-21)12-23-5/h6-7,14-17H,8-13H2,1-5H3/b7-6+/t14-,15-,16?,17?,27?/m0/s1. The SMILES string of the molecule is [B]/C=C/[C@H]1CN(P(=O)(OCC2CN(C)C[C@H](C)O2)N(C)C)CC(COC)O1. The summed E-state index contributed by atoms with van der Waals surface area (Å²) < 4.78 is 40.4. The molecule has 0 N–H and O–H groups in total. The maximum absolute atomic E-state index is 13.8. The van der Waals surface area contributed by atoms with E-state index in [1.807, 2.05) is 11.6 Å². The van der Waals surface area contributed by atoms with Crippen LogP contribution in [0, 0.1) is 0 Å². The predicted molar refractivity (Wildman–Crippen MR) is 106 cm³/mol. The van der Waals surface area contributed by atoms with E-state index in [1.54, 1.807) is 32.0 Å². The van der Waals surface area contributed by atoms with Crippen LogP contribution in [0.25, 0.3) is 0 Å². The van der Waals surface area contributed by atoms with Crippen LogP contribution in [0.4, 0.5) is 0 Å². The molecule has 2 fully saturated rings. The van der Waals surface area contributed by atoms with Crippen molar-refractivity contribution in [2.45, 2.75) is 31.3 Å². The highest BCUT2D eigenvalue weighted by Crippen LogP contribution is 2.53. The van der Waals surface area contributed by atoms with E-state index < -0.39 is 7.67 Å². The van der Waals surface area contributed by atoms with Gasteiger partial charge in [0.2, 0.25) is 0 Å². The smallest absolute Gasteiger partial charge is 0.345 e. The minimum atomic E-state index is -3.24. The third-order valence-electron chi connectivity index (χ3n) is 4.65. The minimum absolute atomic E-state index is 0.109. The number of ether oxygens (including phenoxy) is 3. The first-order chi connectivity index (χ1) is 12.8. The molecule has 2 heterocycles. The van der Waals surface area contributed by atoms with Gasteiger partial charge in [-0.05, 0) is 28.1 Å². The van der Waals surface area contributed by atoms with Crippen molar-refractivity contribution in [3.63, 3.8) is 0 Å². The fraction of sp³-hybridized carbons (Fsp3) is 0.882. The molecule has 0 aromatic heterocycles. The monoisotopic (exact) mass is 401 g/mol. The summed E-state index contributed by atoms with van der Waals surface area (Å²) >= 11 is 0. The van der Waals surface area contributed by atoms with Crippen molar-refractivity contribution in [2.75, 3.05) is 67.6 Å². The Hall–Kier alpha value is -0.245. The Bertz CT molecular complexity index is 529. The van der Waals surface area contributed by atoms with Gasteiger partial charge in [-0.15, -0.1) is 5.98 Å². The van der Waals surface area contributed by atoms with Crippen LogP contribution in [0.15, 0.2) is 12.1 Å². The van der Waals surface area contributed by atoms with Crippen molar-refractivity contribution in [1.82, 2.24) is 14.2 Å². The van der Waals surface area contributed by atoms with Crippen molar-refractivity contribution >= 4 is 15.5 Å². The van der Waals surface area contributed by atoms with Crippen molar-refractivity contribution in [3.05, 3.63) is 12.1 Å². The van der Waals surface area contributed by atoms with Crippen LogP contribution in [-0.2, 0) is 23.3 Å². The molecule has 5 atom stereocenters. The molecule has 2 radical (unpaired) electrons. The minimum Gasteiger partial charge on any atom is -0.382 e. The highest BCUT2D eigenvalue weighted by atomic mass is 31.2. The van der Waals surface area contributed by atoms with Crippen molar-refractivity contribution in [2.24, 2.45) is 0 Å². The predicted octanol–water partition coefficient (Wildman–Crippen LogP) is 0.790. The van der Waals surface area contributed by atoms with Gasteiger partial charge in [-0.3, -0.25) is 4.57 Å². The normalized spacial score (nSPS) is 33.6. The number of hydrogen-bond acceptors (Lipinski definition) is 6. The summed E-state index contributed by atoms with van der Waals surface area (Å²) in [6.45, 7) is 5.25. The molecule has 154 valence electrons. The maximum atomic E-state index is 13.8. The van der Waals surface area contributed by atoms with Crippen LogP contribution in [0.3, 0.4) is 0 Å². The lowest BCUT2D eigenvalue weighted by atomic mass is 10.1. The summed E-state index contributed by atoms with van der Waals surface area (Å²) in [4.78, 5) is 2.20. The molecule has 0 aromatic rings. The van der Waals surface area contributed by atoms with Gasteiger partial charge in [-0.25, -0.2) is 9.34 Å². The van der Waals surface area contributed by atoms with Crippen LogP contribution in [0.1, 0.15) is 6.92 Å². The molecule has 2 aliphatic rings. The summed E-state index contributed by atoms with van der Waals surface area (Å²) in [6, 6.07) is 0. The summed E-state index contributed by atoms with van der Waals surface area (Å²) in [6.07, 6.45) is 1.30. The van der Waals surface area contributed by atoms with Crippen LogP contribution in [0.5, 0.6) is 0 Å². The second kappa shape index (κ2) is 10.5. The molecule has 0 bridgehead atoms. The quantitative estimate of drug-likeness (QED) is 0.437. The second-order valence-corrected chi connectivity index (χ2v) is 10.0. The van der Waals surface area contributed by atoms with Crippen molar-refractivity contribution in [1.29, 1.82) is 0 Å². The largest absolute Gasteiger partial charge is 0.382 e. The van der Waals surface area contributed by atoms with E-state index in [-0.39, 0.29) is 31.0 Å². The van der Waals surface area contributed by atoms with Gasteiger partial charge < -0.3 is 23.6 Å². The highest BCUT2D eigenvalue weighted by molar-refractivity contribution is 7.53. The molecule has 3 unspecified atom stereocenters. The Morgan fingerprint density at radius 3 is 2.48 bits per heavy atom. The van der Waals surface area contributed by atoms with Gasteiger partial charge in [0.05, 0.1) is 37.6 Å². The Balaban J connectivity index is 2.09. The van der Waals surface area contributed by atoms with Gasteiger partial charge in [-0.1, -0.05) is 6.08 Å². The zero-order valence-corrected chi connectivity index (χ0v) is 18.0. The van der Waals surface area contributed by atoms with E-state index in [1.165, 1.54) is 5.98 Å². The number of likely N-dealkylation sites (N-methyl/N-ethyl adjacent to an activating group) is 1. The van der Waals surface area contributed by atoms with Gasteiger partial charge >= 0.3 is 7.67 Å². The van der Waals surface area contributed by atoms with E-state index in [0.717, 1.165) is 13.1 Å². The summed E-state index contributed by atoms with van der Waals surface area (Å²) in [5.74, 6) is 1.45. The average Bonchev–Trinajstić information content (AvgIpc) is 2.59. The topological polar surface area (TPSA) is 63.7 Å². The Labute approximate surface area is 164 Å². The molecule has 2 aliphatic heterocycles. The van der Waals surface area contributed by atoms with Crippen LogP contribution >= 0.6 is 7.67 Å². The first-order valence-corrected chi connectivity index (χ1v) is 10.9. The molecular weight excluding hydrogens is 368 g/mol. The van der Waals surface area contributed by atoms with Gasteiger partial charge in [0.25, 0.3) is 0 Å². The lowest BCUT2D eigenvalue weighted by Crippen LogP contribution is -2.49. The molecule has 0 amide bonds. The molecule has 0 aliphatic carbocycles. The number of nitrogens with zero attached hydrogens (tertiary/aromatic N) is 3. The number of methoxy groups -OCH3 is 1. The summed E-state index contributed by atoms with van der Waals surface area (Å²) in [7, 11) is 9.51. The lowest BCUT2D eigenvalue weighted by molar-refractivity contribution is -0.0916. The fourth-order valence-electron chi connectivity index (χ4n) is 3.56. The second-order valence-electron chi connectivity index (χ2n) is 7.43. The molecule has 27 heavy (non-hydrogen) atoms. The van der Waals surface area contributed by atoms with Gasteiger partial charge in [-0.2, -0.15) is 0 Å². The third-order valence-corrected chi connectivity index (χ3v) is 7.19. The fourth-order valence-corrected chi connectivity index (χ4v) is 5.58. The molecule has 2 rings (SSSR count). The molecule has 8 nitrogen and oxygen atoms in total. The molecular formula is C17H33BN3O5P. The van der Waals surface area contributed by atoms with Crippen molar-refractivity contribution < 1.29 is 23.3 Å². The van der Waals surface area contributed by atoms with E-state index in [0.29, 0.717) is 19.7 Å². The first kappa shape index (κ1) is 23.0. The van der Waals surface area contributed by atoms with Gasteiger partial charge in [0.15, 0.2) is 0 Å². The van der Waals surface area contributed by atoms with E-state index in [9.17, 15) is 4.57 Å². The number of morpholine rings is 2. The Morgan fingerprint density at radius 1 is 1.19 bits per heavy atom. The lowest BCUT2D eigenvalue weighted by Gasteiger charge is -2.43. The summed E-state index contributed by atoms with van der Waals surface area (Å²) in [5, 5.41) is 0. The van der Waals surface area contributed by atoms with E-state index in [4.69, 9.17) is 26.6 Å².